The van der Waals surface area contributed by atoms with Gasteiger partial charge in [-0.2, -0.15) is 5.26 Å². The molecule has 83 heavy (non-hydrogen) atoms. The van der Waals surface area contributed by atoms with Crippen molar-refractivity contribution < 1.29 is 68.5 Å². The average molecular weight is 1150 g/mol. The number of nitrogens with zero attached hydrogens (tertiary/aromatic N) is 1. The second-order valence-electron chi connectivity index (χ2n) is 24.3. The van der Waals surface area contributed by atoms with Gasteiger partial charge in [-0.1, -0.05) is 128 Å². The molecule has 10 atom stereocenters. The maximum atomic E-state index is 12.2. The highest BCUT2D eigenvalue weighted by atomic mass is 16.6. The SMILES string of the molecule is CC(C)(C)OC(=O)N[C@@]1(C#N)CCC[C@H]1O.CC(C)(C)OC(=O)N[C@]1(C(=O)O)CCC[C@@H]1O.C[C@H](C[C@]1(C(=O)O)CCC[C@@H]1OCc1ccccc1)c1ccccc1.C[C@H](N[C@@]1(C(=O)O)CCC[C@H]1OCc1ccccc1)c1ccccc1. The molecule has 4 aliphatic rings. The molecular weight excluding hydrogens is 1060 g/mol. The Morgan fingerprint density at radius 1 is 0.554 bits per heavy atom. The van der Waals surface area contributed by atoms with E-state index in [9.17, 15) is 44.4 Å². The number of carbonyl (C=O) groups is 5. The summed E-state index contributed by atoms with van der Waals surface area (Å²) in [6.45, 7) is 15.3. The summed E-state index contributed by atoms with van der Waals surface area (Å²) in [5, 5.41) is 65.8. The number of alkyl carbamates (subject to hydrolysis) is 2. The molecule has 0 heterocycles. The molecule has 8 rings (SSSR count). The van der Waals surface area contributed by atoms with Crippen LogP contribution in [0.5, 0.6) is 0 Å². The summed E-state index contributed by atoms with van der Waals surface area (Å²) in [6.07, 6.45) is 4.15. The van der Waals surface area contributed by atoms with Gasteiger partial charge in [-0.3, -0.25) is 14.9 Å². The monoisotopic (exact) mass is 1150 g/mol. The summed E-state index contributed by atoms with van der Waals surface area (Å²) in [7, 11) is 0. The van der Waals surface area contributed by atoms with E-state index in [1.54, 1.807) is 41.5 Å². The quantitative estimate of drug-likeness (QED) is 0.0488. The number of aliphatic hydroxyl groups is 2. The predicted molar refractivity (Wildman–Crippen MR) is 313 cm³/mol. The van der Waals surface area contributed by atoms with E-state index in [-0.39, 0.29) is 30.6 Å². The van der Waals surface area contributed by atoms with Crippen LogP contribution in [0.25, 0.3) is 0 Å². The number of benzene rings is 4. The predicted octanol–water partition coefficient (Wildman–Crippen LogP) is 11.1. The number of carbonyl (C=O) groups excluding carboxylic acids is 2. The maximum absolute atomic E-state index is 12.2. The van der Waals surface area contributed by atoms with E-state index in [2.05, 4.69) is 35.0 Å². The van der Waals surface area contributed by atoms with Gasteiger partial charge < -0.3 is 55.1 Å². The average Bonchev–Trinajstić information content (AvgIpc) is 4.48. The first-order valence-electron chi connectivity index (χ1n) is 28.9. The minimum absolute atomic E-state index is 0.0572. The summed E-state index contributed by atoms with van der Waals surface area (Å²) in [5.41, 5.74) is -1.50. The molecule has 4 aromatic rings. The molecule has 0 radical (unpaired) electrons. The zero-order valence-corrected chi connectivity index (χ0v) is 49.5. The summed E-state index contributed by atoms with van der Waals surface area (Å²) < 4.78 is 22.2. The summed E-state index contributed by atoms with van der Waals surface area (Å²) in [4.78, 5) is 58.7. The molecule has 18 nitrogen and oxygen atoms in total. The fraction of sp³-hybridized carbons (Fsp3) is 0.538. The summed E-state index contributed by atoms with van der Waals surface area (Å²) >= 11 is 0. The fourth-order valence-corrected chi connectivity index (χ4v) is 11.4. The lowest BCUT2D eigenvalue weighted by atomic mass is 9.74. The van der Waals surface area contributed by atoms with Gasteiger partial charge in [0.25, 0.3) is 0 Å². The third kappa shape index (κ3) is 18.8. The van der Waals surface area contributed by atoms with Crippen LogP contribution in [0, 0.1) is 16.7 Å². The van der Waals surface area contributed by atoms with Crippen molar-refractivity contribution in [1.29, 1.82) is 5.26 Å². The van der Waals surface area contributed by atoms with Crippen LogP contribution in [0.15, 0.2) is 121 Å². The molecular formula is C65H88N4O14. The number of hydrogen-bond acceptors (Lipinski definition) is 13. The highest BCUT2D eigenvalue weighted by Crippen LogP contribution is 2.47. The number of rotatable bonds is 17. The molecule has 4 aliphatic carbocycles. The Morgan fingerprint density at radius 2 is 0.976 bits per heavy atom. The highest BCUT2D eigenvalue weighted by molar-refractivity contribution is 5.85. The molecule has 4 fully saturated rings. The molecule has 4 aromatic carbocycles. The lowest BCUT2D eigenvalue weighted by Crippen LogP contribution is -2.60. The Kier molecular flexibility index (Phi) is 24.3. The topological polar surface area (TPSA) is 283 Å². The molecule has 452 valence electrons. The second-order valence-corrected chi connectivity index (χ2v) is 24.3. The number of carboxylic acids is 3. The third-order valence-corrected chi connectivity index (χ3v) is 15.8. The van der Waals surface area contributed by atoms with Crippen molar-refractivity contribution >= 4 is 30.1 Å². The van der Waals surface area contributed by atoms with Crippen LogP contribution in [0.3, 0.4) is 0 Å². The Morgan fingerprint density at radius 3 is 1.42 bits per heavy atom. The molecule has 4 saturated carbocycles. The van der Waals surface area contributed by atoms with Crippen LogP contribution in [-0.2, 0) is 46.5 Å². The maximum Gasteiger partial charge on any atom is 0.409 e. The first-order valence-corrected chi connectivity index (χ1v) is 28.9. The largest absolute Gasteiger partial charge is 0.481 e. The minimum atomic E-state index is -1.61. The van der Waals surface area contributed by atoms with Gasteiger partial charge in [0.1, 0.15) is 16.7 Å². The van der Waals surface area contributed by atoms with E-state index in [1.807, 2.05) is 122 Å². The van der Waals surface area contributed by atoms with Crippen LogP contribution in [0.1, 0.15) is 173 Å². The Labute approximate surface area is 489 Å². The van der Waals surface area contributed by atoms with Gasteiger partial charge in [0, 0.05) is 6.04 Å². The van der Waals surface area contributed by atoms with E-state index < -0.39 is 75.5 Å². The van der Waals surface area contributed by atoms with Crippen molar-refractivity contribution in [1.82, 2.24) is 16.0 Å². The van der Waals surface area contributed by atoms with Crippen molar-refractivity contribution in [2.75, 3.05) is 0 Å². The molecule has 2 amide bonds. The van der Waals surface area contributed by atoms with Crippen LogP contribution < -0.4 is 16.0 Å². The van der Waals surface area contributed by atoms with Crippen LogP contribution >= 0.6 is 0 Å². The van der Waals surface area contributed by atoms with Gasteiger partial charge >= 0.3 is 30.1 Å². The zero-order chi connectivity index (χ0) is 61.1. The summed E-state index contributed by atoms with van der Waals surface area (Å²) in [5.74, 6) is -2.58. The second kappa shape index (κ2) is 30.1. The number of aliphatic carboxylic acids is 3. The van der Waals surface area contributed by atoms with Gasteiger partial charge in [-0.15, -0.1) is 0 Å². The van der Waals surface area contributed by atoms with Crippen LogP contribution in [0.2, 0.25) is 0 Å². The number of amides is 2. The first kappa shape index (κ1) is 66.9. The van der Waals surface area contributed by atoms with Gasteiger partial charge in [0.15, 0.2) is 11.1 Å². The normalized spacial score (nSPS) is 26.1. The zero-order valence-electron chi connectivity index (χ0n) is 49.5. The third-order valence-electron chi connectivity index (χ3n) is 15.8. The van der Waals surface area contributed by atoms with Crippen LogP contribution in [-0.4, -0.2) is 108 Å². The molecule has 0 bridgehead atoms. The van der Waals surface area contributed by atoms with Gasteiger partial charge in [0.2, 0.25) is 0 Å². The van der Waals surface area contributed by atoms with Crippen molar-refractivity contribution in [3.05, 3.63) is 144 Å². The number of nitrogens with one attached hydrogen (secondary N) is 3. The molecule has 0 unspecified atom stereocenters. The van der Waals surface area contributed by atoms with Crippen LogP contribution in [0.4, 0.5) is 9.59 Å². The summed E-state index contributed by atoms with van der Waals surface area (Å²) in [6, 6.07) is 41.9. The van der Waals surface area contributed by atoms with Crippen molar-refractivity contribution in [2.24, 2.45) is 5.41 Å². The number of nitriles is 1. The molecule has 0 aliphatic heterocycles. The Bertz CT molecular complexity index is 2610. The van der Waals surface area contributed by atoms with Crippen molar-refractivity contribution in [3.8, 4) is 6.07 Å². The number of ether oxygens (including phenoxy) is 4. The molecule has 0 spiro atoms. The number of carboxylic acid groups (broad SMARTS) is 3. The van der Waals surface area contributed by atoms with Gasteiger partial charge in [-0.05, 0) is 160 Å². The van der Waals surface area contributed by atoms with Crippen molar-refractivity contribution in [2.45, 2.75) is 216 Å². The highest BCUT2D eigenvalue weighted by Gasteiger charge is 2.53. The van der Waals surface area contributed by atoms with Gasteiger partial charge in [-0.25, -0.2) is 14.4 Å². The van der Waals surface area contributed by atoms with E-state index in [0.29, 0.717) is 58.2 Å². The molecule has 18 heteroatoms. The van der Waals surface area contributed by atoms with Gasteiger partial charge in [0.05, 0.1) is 49.1 Å². The van der Waals surface area contributed by atoms with E-state index >= 15 is 0 Å². The standard InChI is InChI=1S/C22H26O3.C21H25NO3.C11H18N2O3.C11H19NO5/c1-17(19-11-6-3-7-12-19)15-22(21(23)24)14-8-13-20(22)25-16-18-9-4-2-5-10-18;1-16(18-11-6-3-7-12-18)22-21(20(23)24)14-8-13-19(21)25-15-17-9-4-2-5-10-17;1-10(2,3)16-9(15)13-11(7-12)6-4-5-8(11)14;1-10(2,3)17-9(16)12-11(8(14)15)6-4-5-7(11)13/h2-7,9-12,17,20H,8,13-16H2,1H3,(H,23,24);2-7,9-12,16,19,22H,8,13-15H2,1H3,(H,23,24);8,14H,4-6H2,1-3H3,(H,13,15);7,13H,4-6H2,1-3H3,(H,12,16)(H,14,15)/t17-,20+,22-;16-,19+,21-;8-,11-;7-,11+/m1010/s1. The molecule has 0 aromatic heterocycles. The van der Waals surface area contributed by atoms with E-state index in [0.717, 1.165) is 48.8 Å². The first-order chi connectivity index (χ1) is 39.2. The lowest BCUT2D eigenvalue weighted by Gasteiger charge is -2.35. The smallest absolute Gasteiger partial charge is 0.409 e. The Balaban J connectivity index is 0.000000207. The fourth-order valence-electron chi connectivity index (χ4n) is 11.4. The molecule has 0 saturated heterocycles. The van der Waals surface area contributed by atoms with E-state index in [1.165, 1.54) is 5.56 Å². The minimum Gasteiger partial charge on any atom is -0.481 e. The van der Waals surface area contributed by atoms with E-state index in [4.69, 9.17) is 29.3 Å². The van der Waals surface area contributed by atoms with Crippen molar-refractivity contribution in [3.63, 3.8) is 0 Å². The lowest BCUT2D eigenvalue weighted by molar-refractivity contribution is -0.159. The number of hydrogen-bond donors (Lipinski definition) is 8. The molecule has 8 N–H and O–H groups in total. The number of aliphatic hydroxyl groups excluding tert-OH is 2. The Hall–Kier alpha value is -6.88.